The number of amides is 1. The van der Waals surface area contributed by atoms with Gasteiger partial charge in [-0.3, -0.25) is 9.59 Å². The minimum Gasteiger partial charge on any atom is -0.481 e. The number of anilines is 1. The van der Waals surface area contributed by atoms with Crippen LogP contribution in [0.3, 0.4) is 0 Å². The van der Waals surface area contributed by atoms with Crippen molar-refractivity contribution < 1.29 is 14.7 Å². The van der Waals surface area contributed by atoms with E-state index in [0.29, 0.717) is 10.9 Å². The molecule has 1 aromatic heterocycles. The molecule has 0 radical (unpaired) electrons. The number of hydrogen-bond acceptors (Lipinski definition) is 5. The molecule has 0 bridgehead atoms. The molecule has 0 aliphatic carbocycles. The smallest absolute Gasteiger partial charge is 0.304 e. The van der Waals surface area contributed by atoms with Crippen LogP contribution in [0.25, 0.3) is 10.2 Å². The normalized spacial score (nSPS) is 10.5. The molecule has 7 heteroatoms. The summed E-state index contributed by atoms with van der Waals surface area (Å²) in [7, 11) is 0. The number of fused-ring (bicyclic) bond motifs is 1. The van der Waals surface area contributed by atoms with E-state index in [0.717, 1.165) is 10.2 Å². The minimum atomic E-state index is -0.848. The second kappa shape index (κ2) is 6.53. The van der Waals surface area contributed by atoms with Crippen LogP contribution in [0, 0.1) is 0 Å². The average molecular weight is 296 g/mol. The van der Waals surface area contributed by atoms with Crippen molar-refractivity contribution in [2.45, 2.75) is 6.42 Å². The first kappa shape index (κ1) is 13.8. The van der Waals surface area contributed by atoms with Crippen LogP contribution in [-0.4, -0.2) is 33.5 Å². The van der Waals surface area contributed by atoms with Crippen molar-refractivity contribution in [1.29, 1.82) is 0 Å². The zero-order valence-electron chi connectivity index (χ0n) is 9.96. The molecule has 0 saturated heterocycles. The molecule has 0 saturated carbocycles. The number of carboxylic acids is 1. The second-order valence-electron chi connectivity index (χ2n) is 3.73. The molecular formula is C12H12N2O3S2. The monoisotopic (exact) mass is 296 g/mol. The Morgan fingerprint density at radius 3 is 2.89 bits per heavy atom. The third-order valence-electron chi connectivity index (χ3n) is 2.23. The lowest BCUT2D eigenvalue weighted by Crippen LogP contribution is -2.14. The van der Waals surface area contributed by atoms with Gasteiger partial charge in [0.1, 0.15) is 0 Å². The number of carbonyl (C=O) groups excluding carboxylic acids is 1. The number of nitrogens with one attached hydrogen (secondary N) is 1. The largest absolute Gasteiger partial charge is 0.481 e. The van der Waals surface area contributed by atoms with Gasteiger partial charge in [-0.1, -0.05) is 23.5 Å². The summed E-state index contributed by atoms with van der Waals surface area (Å²) in [5.41, 5.74) is 0.862. The predicted molar refractivity (Wildman–Crippen MR) is 77.8 cm³/mol. The van der Waals surface area contributed by atoms with Gasteiger partial charge >= 0.3 is 5.97 Å². The van der Waals surface area contributed by atoms with E-state index in [1.165, 1.54) is 23.1 Å². The molecule has 1 amide bonds. The van der Waals surface area contributed by atoms with Crippen LogP contribution in [0.1, 0.15) is 6.42 Å². The van der Waals surface area contributed by atoms with Crippen molar-refractivity contribution in [3.63, 3.8) is 0 Å². The highest BCUT2D eigenvalue weighted by molar-refractivity contribution is 7.99. The summed E-state index contributed by atoms with van der Waals surface area (Å²) in [6.45, 7) is 0. The summed E-state index contributed by atoms with van der Waals surface area (Å²) in [5.74, 6) is -0.334. The first-order valence-corrected chi connectivity index (χ1v) is 7.57. The van der Waals surface area contributed by atoms with Crippen molar-refractivity contribution in [2.24, 2.45) is 0 Å². The fraction of sp³-hybridized carbons (Fsp3) is 0.250. The SMILES string of the molecule is O=C(O)CCSCC(=O)Nc1nc2ccccc2s1. The van der Waals surface area contributed by atoms with Gasteiger partial charge in [0.2, 0.25) is 5.91 Å². The number of carboxylic acid groups (broad SMARTS) is 1. The molecule has 0 fully saturated rings. The van der Waals surface area contributed by atoms with E-state index >= 15 is 0 Å². The van der Waals surface area contributed by atoms with Crippen LogP contribution in [0.5, 0.6) is 0 Å². The zero-order valence-corrected chi connectivity index (χ0v) is 11.6. The fourth-order valence-electron chi connectivity index (χ4n) is 1.41. The number of benzene rings is 1. The standard InChI is InChI=1S/C12H12N2O3S2/c15-10(7-18-6-5-11(16)17)14-12-13-8-3-1-2-4-9(8)19-12/h1-4H,5-7H2,(H,16,17)(H,13,14,15). The first-order chi connectivity index (χ1) is 9.15. The molecule has 0 unspecified atom stereocenters. The van der Waals surface area contributed by atoms with E-state index in [4.69, 9.17) is 5.11 Å². The lowest BCUT2D eigenvalue weighted by Gasteiger charge is -2.00. The molecule has 0 atom stereocenters. The molecule has 1 aromatic carbocycles. The Labute approximate surface area is 118 Å². The highest BCUT2D eigenvalue weighted by atomic mass is 32.2. The highest BCUT2D eigenvalue weighted by Gasteiger charge is 2.07. The molecule has 0 aliphatic rings. The Balaban J connectivity index is 1.83. The molecule has 5 nitrogen and oxygen atoms in total. The molecule has 0 spiro atoms. The van der Waals surface area contributed by atoms with Gasteiger partial charge in [0.05, 0.1) is 22.4 Å². The summed E-state index contributed by atoms with van der Waals surface area (Å²) in [6.07, 6.45) is 0.0685. The van der Waals surface area contributed by atoms with E-state index in [2.05, 4.69) is 10.3 Å². The summed E-state index contributed by atoms with van der Waals surface area (Å²) >= 11 is 2.72. The van der Waals surface area contributed by atoms with Gasteiger partial charge in [-0.2, -0.15) is 11.8 Å². The lowest BCUT2D eigenvalue weighted by molar-refractivity contribution is -0.136. The van der Waals surface area contributed by atoms with Crippen molar-refractivity contribution >= 4 is 50.3 Å². The number of aliphatic carboxylic acids is 1. The number of carbonyl (C=O) groups is 2. The van der Waals surface area contributed by atoms with Crippen LogP contribution in [0.15, 0.2) is 24.3 Å². The Kier molecular flexibility index (Phi) is 4.75. The number of nitrogens with zero attached hydrogens (tertiary/aromatic N) is 1. The van der Waals surface area contributed by atoms with Gasteiger partial charge in [-0.15, -0.1) is 0 Å². The van der Waals surface area contributed by atoms with Gasteiger partial charge < -0.3 is 10.4 Å². The molecule has 1 heterocycles. The summed E-state index contributed by atoms with van der Waals surface area (Å²) in [4.78, 5) is 26.2. The van der Waals surface area contributed by atoms with Crippen molar-refractivity contribution in [2.75, 3.05) is 16.8 Å². The number of hydrogen-bond donors (Lipinski definition) is 2. The van der Waals surface area contributed by atoms with Crippen molar-refractivity contribution in [3.05, 3.63) is 24.3 Å². The Morgan fingerprint density at radius 1 is 1.37 bits per heavy atom. The van der Waals surface area contributed by atoms with Crippen molar-refractivity contribution in [1.82, 2.24) is 4.98 Å². The fourth-order valence-corrected chi connectivity index (χ4v) is 3.01. The van der Waals surface area contributed by atoms with E-state index in [1.54, 1.807) is 0 Å². The quantitative estimate of drug-likeness (QED) is 0.800. The average Bonchev–Trinajstić information content (AvgIpc) is 2.76. The Morgan fingerprint density at radius 2 is 2.16 bits per heavy atom. The maximum absolute atomic E-state index is 11.6. The Hall–Kier alpha value is -1.60. The maximum Gasteiger partial charge on any atom is 0.304 e. The van der Waals surface area contributed by atoms with Crippen LogP contribution in [0.2, 0.25) is 0 Å². The number of thiazole rings is 1. The molecule has 19 heavy (non-hydrogen) atoms. The van der Waals surface area contributed by atoms with Gasteiger partial charge in [0, 0.05) is 5.75 Å². The first-order valence-electron chi connectivity index (χ1n) is 5.60. The molecule has 2 rings (SSSR count). The molecular weight excluding hydrogens is 284 g/mol. The predicted octanol–water partition coefficient (Wildman–Crippen LogP) is 2.44. The van der Waals surface area contributed by atoms with Gasteiger partial charge in [0.15, 0.2) is 5.13 Å². The van der Waals surface area contributed by atoms with Crippen LogP contribution in [-0.2, 0) is 9.59 Å². The number of rotatable bonds is 6. The maximum atomic E-state index is 11.6. The van der Waals surface area contributed by atoms with Gasteiger partial charge in [0.25, 0.3) is 0 Å². The van der Waals surface area contributed by atoms with E-state index in [9.17, 15) is 9.59 Å². The van der Waals surface area contributed by atoms with E-state index in [-0.39, 0.29) is 18.1 Å². The molecule has 100 valence electrons. The molecule has 0 aliphatic heterocycles. The van der Waals surface area contributed by atoms with Crippen LogP contribution in [0.4, 0.5) is 5.13 Å². The lowest BCUT2D eigenvalue weighted by atomic mass is 10.3. The zero-order chi connectivity index (χ0) is 13.7. The third-order valence-corrected chi connectivity index (χ3v) is 4.14. The second-order valence-corrected chi connectivity index (χ2v) is 5.87. The summed E-state index contributed by atoms with van der Waals surface area (Å²) in [6, 6.07) is 7.66. The van der Waals surface area contributed by atoms with Crippen molar-refractivity contribution in [3.8, 4) is 0 Å². The number of para-hydroxylation sites is 1. The van der Waals surface area contributed by atoms with Gasteiger partial charge in [-0.05, 0) is 12.1 Å². The third kappa shape index (κ3) is 4.22. The molecule has 2 aromatic rings. The number of aromatic nitrogens is 1. The van der Waals surface area contributed by atoms with Crippen LogP contribution < -0.4 is 5.32 Å². The van der Waals surface area contributed by atoms with Gasteiger partial charge in [-0.25, -0.2) is 4.98 Å². The number of thioether (sulfide) groups is 1. The summed E-state index contributed by atoms with van der Waals surface area (Å²) < 4.78 is 1.02. The van der Waals surface area contributed by atoms with Crippen LogP contribution >= 0.6 is 23.1 Å². The highest BCUT2D eigenvalue weighted by Crippen LogP contribution is 2.25. The minimum absolute atomic E-state index is 0.0685. The molecule has 2 N–H and O–H groups in total. The van der Waals surface area contributed by atoms with E-state index in [1.807, 2.05) is 24.3 Å². The summed E-state index contributed by atoms with van der Waals surface area (Å²) in [5, 5.41) is 11.8. The topological polar surface area (TPSA) is 79.3 Å². The van der Waals surface area contributed by atoms with E-state index < -0.39 is 5.97 Å². The Bertz CT molecular complexity index is 564.